The van der Waals surface area contributed by atoms with Crippen molar-refractivity contribution in [1.82, 2.24) is 0 Å². The standard InChI is InChI=1S/C19H18N2O6/c1-11(18(23)21-14-5-2-12(3-6-14)17(20)22)27-19(24)13-4-7-15-16(10-13)26-9-8-25-15/h2-7,10-11H,8-9H2,1H3,(H2,20,22)(H,21,23)/t11-/m0/s1. The first-order chi connectivity index (χ1) is 12.9. The van der Waals surface area contributed by atoms with Crippen molar-refractivity contribution < 1.29 is 28.6 Å². The van der Waals surface area contributed by atoms with Crippen molar-refractivity contribution in [3.8, 4) is 11.5 Å². The van der Waals surface area contributed by atoms with Crippen molar-refractivity contribution in [3.05, 3.63) is 53.6 Å². The van der Waals surface area contributed by atoms with Gasteiger partial charge in [0.05, 0.1) is 5.56 Å². The number of hydrogen-bond acceptors (Lipinski definition) is 6. The number of hydrogen-bond donors (Lipinski definition) is 2. The molecule has 0 aliphatic carbocycles. The van der Waals surface area contributed by atoms with Crippen LogP contribution in [0.25, 0.3) is 0 Å². The molecule has 27 heavy (non-hydrogen) atoms. The maximum Gasteiger partial charge on any atom is 0.339 e. The number of carbonyl (C=O) groups excluding carboxylic acids is 3. The van der Waals surface area contributed by atoms with Gasteiger partial charge in [-0.15, -0.1) is 0 Å². The topological polar surface area (TPSA) is 117 Å². The van der Waals surface area contributed by atoms with Crippen LogP contribution >= 0.6 is 0 Å². The van der Waals surface area contributed by atoms with Gasteiger partial charge >= 0.3 is 5.97 Å². The predicted octanol–water partition coefficient (Wildman–Crippen LogP) is 1.74. The zero-order valence-electron chi connectivity index (χ0n) is 14.6. The highest BCUT2D eigenvalue weighted by Gasteiger charge is 2.21. The SMILES string of the molecule is C[C@H](OC(=O)c1ccc2c(c1)OCCO2)C(=O)Nc1ccc(C(N)=O)cc1. The predicted molar refractivity (Wildman–Crippen MR) is 95.9 cm³/mol. The first-order valence-electron chi connectivity index (χ1n) is 8.25. The van der Waals surface area contributed by atoms with Gasteiger partial charge in [0, 0.05) is 11.3 Å². The molecule has 8 nitrogen and oxygen atoms in total. The third-order valence-corrected chi connectivity index (χ3v) is 3.87. The van der Waals surface area contributed by atoms with E-state index >= 15 is 0 Å². The Labute approximate surface area is 155 Å². The maximum absolute atomic E-state index is 12.3. The van der Waals surface area contributed by atoms with Crippen LogP contribution in [-0.2, 0) is 9.53 Å². The fourth-order valence-corrected chi connectivity index (χ4v) is 2.41. The van der Waals surface area contributed by atoms with E-state index < -0.39 is 23.9 Å². The molecule has 3 rings (SSSR count). The number of amides is 2. The lowest BCUT2D eigenvalue weighted by molar-refractivity contribution is -0.123. The number of esters is 1. The molecule has 2 amide bonds. The Hall–Kier alpha value is -3.55. The molecule has 0 saturated heterocycles. The lowest BCUT2D eigenvalue weighted by Gasteiger charge is -2.19. The van der Waals surface area contributed by atoms with Gasteiger partial charge in [-0.25, -0.2) is 4.79 Å². The Bertz CT molecular complexity index is 878. The van der Waals surface area contributed by atoms with E-state index in [1.165, 1.54) is 37.3 Å². The molecule has 2 aromatic carbocycles. The van der Waals surface area contributed by atoms with Gasteiger partial charge in [0.15, 0.2) is 17.6 Å². The minimum Gasteiger partial charge on any atom is -0.486 e. The normalized spacial score (nSPS) is 13.4. The molecule has 0 fully saturated rings. The lowest BCUT2D eigenvalue weighted by Crippen LogP contribution is -2.30. The van der Waals surface area contributed by atoms with Crippen LogP contribution in [0.4, 0.5) is 5.69 Å². The van der Waals surface area contributed by atoms with Crippen LogP contribution < -0.4 is 20.5 Å². The molecule has 2 aromatic rings. The molecule has 1 aliphatic rings. The van der Waals surface area contributed by atoms with E-state index in [1.54, 1.807) is 12.1 Å². The summed E-state index contributed by atoms with van der Waals surface area (Å²) in [6.07, 6.45) is -1.03. The van der Waals surface area contributed by atoms with Gasteiger partial charge in [0.2, 0.25) is 5.91 Å². The molecule has 0 aromatic heterocycles. The summed E-state index contributed by atoms with van der Waals surface area (Å²) in [4.78, 5) is 35.5. The van der Waals surface area contributed by atoms with E-state index in [2.05, 4.69) is 5.32 Å². The summed E-state index contributed by atoms with van der Waals surface area (Å²) in [5, 5.41) is 2.60. The number of anilines is 1. The Morgan fingerprint density at radius 1 is 1.00 bits per heavy atom. The van der Waals surface area contributed by atoms with Crippen molar-refractivity contribution >= 4 is 23.5 Å². The summed E-state index contributed by atoms with van der Waals surface area (Å²) in [6, 6.07) is 10.7. The molecule has 8 heteroatoms. The van der Waals surface area contributed by atoms with Crippen LogP contribution in [0.5, 0.6) is 11.5 Å². The lowest BCUT2D eigenvalue weighted by atomic mass is 10.2. The molecule has 3 N–H and O–H groups in total. The molecule has 1 aliphatic heterocycles. The first-order valence-corrected chi connectivity index (χ1v) is 8.25. The second-order valence-electron chi connectivity index (χ2n) is 5.84. The summed E-state index contributed by atoms with van der Waals surface area (Å²) in [6.45, 7) is 2.32. The third kappa shape index (κ3) is 4.35. The average molecular weight is 370 g/mol. The molecule has 0 saturated carbocycles. The second-order valence-corrected chi connectivity index (χ2v) is 5.84. The molecule has 0 radical (unpaired) electrons. The van der Waals surface area contributed by atoms with E-state index in [0.29, 0.717) is 36.0 Å². The van der Waals surface area contributed by atoms with E-state index in [9.17, 15) is 14.4 Å². The number of nitrogens with one attached hydrogen (secondary N) is 1. The average Bonchev–Trinajstić information content (AvgIpc) is 2.67. The van der Waals surface area contributed by atoms with Crippen LogP contribution in [0.1, 0.15) is 27.6 Å². The smallest absolute Gasteiger partial charge is 0.339 e. The molecular weight excluding hydrogens is 352 g/mol. The zero-order valence-corrected chi connectivity index (χ0v) is 14.6. The second kappa shape index (κ2) is 7.77. The highest BCUT2D eigenvalue weighted by atomic mass is 16.6. The summed E-state index contributed by atoms with van der Waals surface area (Å²) >= 11 is 0. The van der Waals surface area contributed by atoms with Crippen LogP contribution in [0.2, 0.25) is 0 Å². The van der Waals surface area contributed by atoms with Gasteiger partial charge < -0.3 is 25.3 Å². The number of rotatable bonds is 5. The van der Waals surface area contributed by atoms with Gasteiger partial charge in [-0.2, -0.15) is 0 Å². The largest absolute Gasteiger partial charge is 0.486 e. The minimum absolute atomic E-state index is 0.254. The van der Waals surface area contributed by atoms with Crippen molar-refractivity contribution in [3.63, 3.8) is 0 Å². The zero-order chi connectivity index (χ0) is 19.4. The quantitative estimate of drug-likeness (QED) is 0.774. The van der Waals surface area contributed by atoms with Crippen molar-refractivity contribution in [2.75, 3.05) is 18.5 Å². The summed E-state index contributed by atoms with van der Waals surface area (Å²) < 4.78 is 16.0. The highest BCUT2D eigenvalue weighted by molar-refractivity contribution is 5.98. The summed E-state index contributed by atoms with van der Waals surface area (Å²) in [7, 11) is 0. The van der Waals surface area contributed by atoms with E-state index in [4.69, 9.17) is 19.9 Å². The van der Waals surface area contributed by atoms with E-state index in [0.717, 1.165) is 0 Å². The van der Waals surface area contributed by atoms with Crippen molar-refractivity contribution in [1.29, 1.82) is 0 Å². The number of fused-ring (bicyclic) bond motifs is 1. The fraction of sp³-hybridized carbons (Fsp3) is 0.211. The highest BCUT2D eigenvalue weighted by Crippen LogP contribution is 2.31. The van der Waals surface area contributed by atoms with Gasteiger partial charge in [0.25, 0.3) is 5.91 Å². The number of ether oxygens (including phenoxy) is 3. The van der Waals surface area contributed by atoms with Gasteiger partial charge in [0.1, 0.15) is 13.2 Å². The number of nitrogens with two attached hydrogens (primary N) is 1. The molecule has 140 valence electrons. The molecular formula is C19H18N2O6. The number of primary amides is 1. The van der Waals surface area contributed by atoms with Crippen LogP contribution in [0, 0.1) is 0 Å². The first kappa shape index (κ1) is 18.2. The molecule has 0 spiro atoms. The monoisotopic (exact) mass is 370 g/mol. The Morgan fingerprint density at radius 2 is 1.63 bits per heavy atom. The molecule has 1 atom stereocenters. The Morgan fingerprint density at radius 3 is 2.30 bits per heavy atom. The van der Waals surface area contributed by atoms with Crippen LogP contribution in [0.15, 0.2) is 42.5 Å². The summed E-state index contributed by atoms with van der Waals surface area (Å²) in [5.74, 6) is -0.702. The molecule has 0 bridgehead atoms. The van der Waals surface area contributed by atoms with Gasteiger partial charge in [-0.3, -0.25) is 9.59 Å². The Balaban J connectivity index is 1.60. The minimum atomic E-state index is -1.03. The van der Waals surface area contributed by atoms with Crippen molar-refractivity contribution in [2.45, 2.75) is 13.0 Å². The van der Waals surface area contributed by atoms with Gasteiger partial charge in [-0.1, -0.05) is 0 Å². The number of benzene rings is 2. The van der Waals surface area contributed by atoms with E-state index in [1.807, 2.05) is 0 Å². The van der Waals surface area contributed by atoms with Gasteiger partial charge in [-0.05, 0) is 49.4 Å². The maximum atomic E-state index is 12.3. The van der Waals surface area contributed by atoms with Crippen LogP contribution in [0.3, 0.4) is 0 Å². The van der Waals surface area contributed by atoms with E-state index in [-0.39, 0.29) is 5.56 Å². The Kier molecular flexibility index (Phi) is 5.25. The molecule has 1 heterocycles. The molecule has 0 unspecified atom stereocenters. The van der Waals surface area contributed by atoms with Crippen molar-refractivity contribution in [2.24, 2.45) is 5.73 Å². The summed E-state index contributed by atoms with van der Waals surface area (Å²) in [5.41, 5.74) is 6.20. The fourth-order valence-electron chi connectivity index (χ4n) is 2.41. The number of carbonyl (C=O) groups is 3. The third-order valence-electron chi connectivity index (χ3n) is 3.87. The van der Waals surface area contributed by atoms with Crippen LogP contribution in [-0.4, -0.2) is 37.1 Å².